The van der Waals surface area contributed by atoms with Gasteiger partial charge in [-0.1, -0.05) is 11.5 Å². The smallest absolute Gasteiger partial charge is 0.255 e. The molecule has 1 aromatic heterocycles. The molecule has 1 nitrogen and oxygen atoms in total. The van der Waals surface area contributed by atoms with Crippen LogP contribution < -0.4 is 5.46 Å². The number of hydrogen-bond acceptors (Lipinski definition) is 1. The van der Waals surface area contributed by atoms with Gasteiger partial charge in [0, 0.05) is 6.20 Å². The molecule has 0 fully saturated rings. The fraction of sp³-hybridized carbons (Fsp3) is 0.167. The lowest BCUT2D eigenvalue weighted by molar-refractivity contribution is 0.146. The SMILES string of the molecule is Bc1ccnc(C(F)F)c1. The Balaban J connectivity index is 2.96. The lowest BCUT2D eigenvalue weighted by atomic mass is 9.97. The summed E-state index contributed by atoms with van der Waals surface area (Å²) in [5, 5.41) is 0. The molecule has 52 valence electrons. The van der Waals surface area contributed by atoms with Gasteiger partial charge in [0.2, 0.25) is 0 Å². The average Bonchev–Trinajstić information content (AvgIpc) is 1.88. The molecule has 0 radical (unpaired) electrons. The van der Waals surface area contributed by atoms with Crippen LogP contribution in [-0.4, -0.2) is 12.8 Å². The molecule has 1 aromatic rings. The van der Waals surface area contributed by atoms with E-state index in [1.54, 1.807) is 13.9 Å². The molecule has 0 atom stereocenters. The summed E-state index contributed by atoms with van der Waals surface area (Å²) in [6.45, 7) is 0. The van der Waals surface area contributed by atoms with Crippen LogP contribution in [0.3, 0.4) is 0 Å². The number of nitrogens with zero attached hydrogens (tertiary/aromatic N) is 1. The van der Waals surface area contributed by atoms with E-state index in [0.29, 0.717) is 0 Å². The molecule has 0 spiro atoms. The molecule has 0 unspecified atom stereocenters. The first-order valence-electron chi connectivity index (χ1n) is 2.91. The normalized spacial score (nSPS) is 10.3. The Hall–Kier alpha value is -0.925. The molecule has 0 amide bonds. The van der Waals surface area contributed by atoms with Gasteiger partial charge >= 0.3 is 0 Å². The number of rotatable bonds is 1. The zero-order valence-electron chi connectivity index (χ0n) is 5.51. The minimum atomic E-state index is -2.46. The highest BCUT2D eigenvalue weighted by Gasteiger charge is 2.06. The highest BCUT2D eigenvalue weighted by atomic mass is 19.3. The fourth-order valence-electron chi connectivity index (χ4n) is 0.679. The van der Waals surface area contributed by atoms with Crippen LogP contribution in [0, 0.1) is 0 Å². The molecule has 0 aliphatic carbocycles. The maximum Gasteiger partial charge on any atom is 0.280 e. The molecule has 0 aliphatic rings. The zero-order valence-corrected chi connectivity index (χ0v) is 5.51. The third-order valence-electron chi connectivity index (χ3n) is 1.16. The summed E-state index contributed by atoms with van der Waals surface area (Å²) in [5.74, 6) is 0. The van der Waals surface area contributed by atoms with Crippen LogP contribution in [0.4, 0.5) is 8.78 Å². The summed E-state index contributed by atoms with van der Waals surface area (Å²) >= 11 is 0. The molecule has 10 heavy (non-hydrogen) atoms. The van der Waals surface area contributed by atoms with Crippen molar-refractivity contribution in [2.75, 3.05) is 0 Å². The van der Waals surface area contributed by atoms with Crippen molar-refractivity contribution in [3.63, 3.8) is 0 Å². The fourth-order valence-corrected chi connectivity index (χ4v) is 0.679. The van der Waals surface area contributed by atoms with Gasteiger partial charge in [0.25, 0.3) is 6.43 Å². The van der Waals surface area contributed by atoms with Gasteiger partial charge < -0.3 is 0 Å². The van der Waals surface area contributed by atoms with Crippen molar-refractivity contribution in [3.8, 4) is 0 Å². The molecule has 1 rings (SSSR count). The highest BCUT2D eigenvalue weighted by molar-refractivity contribution is 6.32. The van der Waals surface area contributed by atoms with Crippen molar-refractivity contribution in [3.05, 3.63) is 24.0 Å². The molecule has 0 aliphatic heterocycles. The van der Waals surface area contributed by atoms with Crippen LogP contribution in [0.5, 0.6) is 0 Å². The van der Waals surface area contributed by atoms with Crippen molar-refractivity contribution in [1.29, 1.82) is 0 Å². The minimum absolute atomic E-state index is 0.153. The van der Waals surface area contributed by atoms with E-state index < -0.39 is 6.43 Å². The van der Waals surface area contributed by atoms with E-state index in [1.807, 2.05) is 0 Å². The van der Waals surface area contributed by atoms with Crippen molar-refractivity contribution in [1.82, 2.24) is 4.98 Å². The van der Waals surface area contributed by atoms with E-state index in [-0.39, 0.29) is 5.69 Å². The third kappa shape index (κ3) is 1.53. The Morgan fingerprint density at radius 3 is 2.60 bits per heavy atom. The summed E-state index contributed by atoms with van der Waals surface area (Å²) in [7, 11) is 1.76. The van der Waals surface area contributed by atoms with Gasteiger partial charge in [-0.3, -0.25) is 4.98 Å². The zero-order chi connectivity index (χ0) is 7.56. The van der Waals surface area contributed by atoms with Gasteiger partial charge in [0.05, 0.1) is 0 Å². The highest BCUT2D eigenvalue weighted by Crippen LogP contribution is 2.13. The Kier molecular flexibility index (Phi) is 1.99. The second kappa shape index (κ2) is 2.77. The van der Waals surface area contributed by atoms with Gasteiger partial charge in [-0.2, -0.15) is 0 Å². The monoisotopic (exact) mass is 141 g/mol. The lowest BCUT2D eigenvalue weighted by Gasteiger charge is -1.97. The lowest BCUT2D eigenvalue weighted by Crippen LogP contribution is -2.04. The number of aromatic nitrogens is 1. The van der Waals surface area contributed by atoms with E-state index in [1.165, 1.54) is 12.3 Å². The number of halogens is 2. The first-order valence-corrected chi connectivity index (χ1v) is 2.91. The van der Waals surface area contributed by atoms with Crippen LogP contribution in [0.25, 0.3) is 0 Å². The van der Waals surface area contributed by atoms with E-state index in [9.17, 15) is 8.78 Å². The molecule has 0 bridgehead atoms. The van der Waals surface area contributed by atoms with E-state index in [2.05, 4.69) is 4.98 Å². The Labute approximate surface area is 58.5 Å². The second-order valence-corrected chi connectivity index (χ2v) is 2.06. The molecule has 0 N–H and O–H groups in total. The van der Waals surface area contributed by atoms with E-state index in [0.717, 1.165) is 5.46 Å². The summed E-state index contributed by atoms with van der Waals surface area (Å²) in [6, 6.07) is 3.07. The largest absolute Gasteiger partial charge is 0.280 e. The first kappa shape index (κ1) is 7.19. The first-order chi connectivity index (χ1) is 4.70. The van der Waals surface area contributed by atoms with Gasteiger partial charge in [-0.15, -0.1) is 0 Å². The third-order valence-corrected chi connectivity index (χ3v) is 1.16. The molecular formula is C6H6BF2N. The van der Waals surface area contributed by atoms with Crippen LogP contribution in [0.15, 0.2) is 18.3 Å². The molecule has 0 saturated heterocycles. The predicted molar refractivity (Wildman–Crippen MR) is 37.4 cm³/mol. The number of hydrogen-bond donors (Lipinski definition) is 0. The molecule has 4 heteroatoms. The van der Waals surface area contributed by atoms with Gasteiger partial charge in [0.1, 0.15) is 13.5 Å². The molecule has 1 heterocycles. The Bertz CT molecular complexity index is 227. The maximum absolute atomic E-state index is 11.9. The summed E-state index contributed by atoms with van der Waals surface area (Å²) in [4.78, 5) is 3.49. The summed E-state index contributed by atoms with van der Waals surface area (Å²) < 4.78 is 23.8. The quantitative estimate of drug-likeness (QED) is 0.511. The van der Waals surface area contributed by atoms with E-state index >= 15 is 0 Å². The van der Waals surface area contributed by atoms with Crippen LogP contribution in [-0.2, 0) is 0 Å². The number of alkyl halides is 2. The maximum atomic E-state index is 11.9. The minimum Gasteiger partial charge on any atom is -0.255 e. The Morgan fingerprint density at radius 1 is 1.50 bits per heavy atom. The summed E-state index contributed by atoms with van der Waals surface area (Å²) in [5.41, 5.74) is 0.658. The predicted octanol–water partition coefficient (Wildman–Crippen LogP) is 0.278. The Morgan fingerprint density at radius 2 is 2.20 bits per heavy atom. The molecule has 0 saturated carbocycles. The standard InChI is InChI=1S/C6H6BF2N/c7-4-1-2-10-5(3-4)6(8)9/h1-3,6H,7H2. The van der Waals surface area contributed by atoms with Crippen molar-refractivity contribution in [2.24, 2.45) is 0 Å². The number of pyridine rings is 1. The van der Waals surface area contributed by atoms with E-state index in [4.69, 9.17) is 0 Å². The molecular weight excluding hydrogens is 135 g/mol. The van der Waals surface area contributed by atoms with Crippen molar-refractivity contribution >= 4 is 13.3 Å². The van der Waals surface area contributed by atoms with Crippen LogP contribution in [0.2, 0.25) is 0 Å². The van der Waals surface area contributed by atoms with Crippen LogP contribution in [0.1, 0.15) is 12.1 Å². The second-order valence-electron chi connectivity index (χ2n) is 2.06. The van der Waals surface area contributed by atoms with Gasteiger partial charge in [0.15, 0.2) is 0 Å². The van der Waals surface area contributed by atoms with Crippen LogP contribution >= 0.6 is 0 Å². The van der Waals surface area contributed by atoms with Crippen molar-refractivity contribution < 1.29 is 8.78 Å². The van der Waals surface area contributed by atoms with Gasteiger partial charge in [-0.25, -0.2) is 8.78 Å². The topological polar surface area (TPSA) is 12.9 Å². The van der Waals surface area contributed by atoms with Gasteiger partial charge in [-0.05, 0) is 6.07 Å². The van der Waals surface area contributed by atoms with Crippen molar-refractivity contribution in [2.45, 2.75) is 6.43 Å². The average molecular weight is 141 g/mol. The molecule has 0 aromatic carbocycles. The summed E-state index contributed by atoms with van der Waals surface area (Å²) in [6.07, 6.45) is -1.07.